The van der Waals surface area contributed by atoms with E-state index < -0.39 is 5.91 Å². The number of furan rings is 1. The Morgan fingerprint density at radius 1 is 1.04 bits per heavy atom. The third-order valence-corrected chi connectivity index (χ3v) is 3.58. The van der Waals surface area contributed by atoms with Gasteiger partial charge in [0.1, 0.15) is 28.9 Å². The van der Waals surface area contributed by atoms with Gasteiger partial charge in [0.05, 0.1) is 12.8 Å². The van der Waals surface area contributed by atoms with Crippen molar-refractivity contribution in [2.75, 3.05) is 5.32 Å². The highest BCUT2D eigenvalue weighted by molar-refractivity contribution is 5.97. The van der Waals surface area contributed by atoms with Gasteiger partial charge >= 0.3 is 0 Å². The van der Waals surface area contributed by atoms with Gasteiger partial charge in [-0.05, 0) is 48.5 Å². The summed E-state index contributed by atoms with van der Waals surface area (Å²) in [5.41, 5.74) is 0.688. The summed E-state index contributed by atoms with van der Waals surface area (Å²) in [7, 11) is 0. The molecule has 1 aromatic heterocycles. The van der Waals surface area contributed by atoms with Crippen LogP contribution in [0.3, 0.4) is 0 Å². The Balaban J connectivity index is 1.56. The van der Waals surface area contributed by atoms with Crippen molar-refractivity contribution < 1.29 is 13.9 Å². The Morgan fingerprint density at radius 3 is 2.44 bits per heavy atom. The number of carbonyl (C=O) groups excluding carboxylic acids is 1. The van der Waals surface area contributed by atoms with E-state index in [2.05, 4.69) is 10.6 Å². The van der Waals surface area contributed by atoms with Crippen LogP contribution in [0.2, 0.25) is 0 Å². The average Bonchev–Trinajstić information content (AvgIpc) is 3.22. The van der Waals surface area contributed by atoms with Crippen LogP contribution in [-0.4, -0.2) is 5.91 Å². The van der Waals surface area contributed by atoms with Gasteiger partial charge in [-0.1, -0.05) is 18.2 Å². The molecule has 6 nitrogen and oxygen atoms in total. The zero-order valence-corrected chi connectivity index (χ0v) is 14.4. The Labute approximate surface area is 156 Å². The van der Waals surface area contributed by atoms with E-state index in [-0.39, 0.29) is 12.1 Å². The summed E-state index contributed by atoms with van der Waals surface area (Å²) in [5, 5.41) is 14.7. The maximum absolute atomic E-state index is 12.0. The smallest absolute Gasteiger partial charge is 0.263 e. The SMILES string of the molecule is N#C/C(=C/Nc1ccc(Oc2ccccc2)cc1)C(=O)NCc1ccco1. The lowest BCUT2D eigenvalue weighted by Crippen LogP contribution is -2.24. The molecule has 0 aliphatic heterocycles. The number of nitrogens with one attached hydrogen (secondary N) is 2. The average molecular weight is 359 g/mol. The summed E-state index contributed by atoms with van der Waals surface area (Å²) in [4.78, 5) is 12.0. The molecule has 3 rings (SSSR count). The molecule has 0 saturated carbocycles. The highest BCUT2D eigenvalue weighted by atomic mass is 16.5. The molecule has 0 spiro atoms. The van der Waals surface area contributed by atoms with Gasteiger partial charge in [-0.25, -0.2) is 0 Å². The van der Waals surface area contributed by atoms with Gasteiger partial charge in [0.15, 0.2) is 0 Å². The molecule has 0 aliphatic rings. The normalized spacial score (nSPS) is 10.7. The summed E-state index contributed by atoms with van der Waals surface area (Å²) in [6.07, 6.45) is 2.89. The lowest BCUT2D eigenvalue weighted by Gasteiger charge is -2.07. The molecule has 6 heteroatoms. The highest BCUT2D eigenvalue weighted by Crippen LogP contribution is 2.22. The van der Waals surface area contributed by atoms with E-state index in [4.69, 9.17) is 9.15 Å². The summed E-state index contributed by atoms with van der Waals surface area (Å²) in [5.74, 6) is 1.57. The molecular weight excluding hydrogens is 342 g/mol. The van der Waals surface area contributed by atoms with Crippen LogP contribution in [0, 0.1) is 11.3 Å². The summed E-state index contributed by atoms with van der Waals surface area (Å²) in [6, 6.07) is 22.0. The fourth-order valence-corrected chi connectivity index (χ4v) is 2.22. The van der Waals surface area contributed by atoms with Gasteiger partial charge in [-0.3, -0.25) is 4.79 Å². The number of rotatable bonds is 7. The number of ether oxygens (including phenoxy) is 1. The van der Waals surface area contributed by atoms with Crippen LogP contribution >= 0.6 is 0 Å². The van der Waals surface area contributed by atoms with Gasteiger partial charge in [0.25, 0.3) is 5.91 Å². The molecule has 0 fully saturated rings. The first-order valence-electron chi connectivity index (χ1n) is 8.25. The van der Waals surface area contributed by atoms with E-state index in [1.54, 1.807) is 36.4 Å². The van der Waals surface area contributed by atoms with Crippen molar-refractivity contribution in [3.8, 4) is 17.6 Å². The van der Waals surface area contributed by atoms with Crippen LogP contribution in [0.15, 0.2) is 89.2 Å². The zero-order valence-electron chi connectivity index (χ0n) is 14.4. The van der Waals surface area contributed by atoms with E-state index in [1.807, 2.05) is 36.4 Å². The third-order valence-electron chi connectivity index (χ3n) is 3.58. The van der Waals surface area contributed by atoms with Crippen LogP contribution in [0.1, 0.15) is 5.76 Å². The lowest BCUT2D eigenvalue weighted by molar-refractivity contribution is -0.117. The molecule has 0 aliphatic carbocycles. The second-order valence-corrected chi connectivity index (χ2v) is 5.52. The first-order valence-corrected chi connectivity index (χ1v) is 8.25. The Morgan fingerprint density at radius 2 is 1.78 bits per heavy atom. The van der Waals surface area contributed by atoms with Gasteiger partial charge in [-0.2, -0.15) is 5.26 Å². The molecule has 0 bridgehead atoms. The standard InChI is InChI=1S/C21H17N3O3/c22-13-16(21(25)24-15-20-7-4-12-26-20)14-23-17-8-10-19(11-9-17)27-18-5-2-1-3-6-18/h1-12,14,23H,15H2,(H,24,25)/b16-14-. The minimum atomic E-state index is -0.481. The molecule has 3 aromatic rings. The van der Waals surface area contributed by atoms with E-state index in [0.717, 1.165) is 11.4 Å². The van der Waals surface area contributed by atoms with E-state index in [0.29, 0.717) is 11.5 Å². The molecule has 0 saturated heterocycles. The zero-order chi connectivity index (χ0) is 18.9. The number of hydrogen-bond acceptors (Lipinski definition) is 5. The van der Waals surface area contributed by atoms with Gasteiger partial charge in [0.2, 0.25) is 0 Å². The molecule has 1 heterocycles. The van der Waals surface area contributed by atoms with Crippen molar-refractivity contribution in [1.82, 2.24) is 5.32 Å². The molecule has 2 aromatic carbocycles. The molecule has 2 N–H and O–H groups in total. The lowest BCUT2D eigenvalue weighted by atomic mass is 10.2. The van der Waals surface area contributed by atoms with Crippen LogP contribution in [0.25, 0.3) is 0 Å². The number of benzene rings is 2. The third kappa shape index (κ3) is 5.25. The number of nitrogens with zero attached hydrogens (tertiary/aromatic N) is 1. The van der Waals surface area contributed by atoms with Crippen molar-refractivity contribution in [2.24, 2.45) is 0 Å². The Hall–Kier alpha value is -3.98. The predicted octanol–water partition coefficient (Wildman–Crippen LogP) is 4.21. The largest absolute Gasteiger partial charge is 0.467 e. The van der Waals surface area contributed by atoms with Gasteiger partial charge in [-0.15, -0.1) is 0 Å². The molecule has 0 unspecified atom stereocenters. The number of para-hydroxylation sites is 1. The molecule has 1 amide bonds. The highest BCUT2D eigenvalue weighted by Gasteiger charge is 2.09. The fraction of sp³-hybridized carbons (Fsp3) is 0.0476. The minimum Gasteiger partial charge on any atom is -0.467 e. The quantitative estimate of drug-likeness (QED) is 0.487. The first kappa shape index (κ1) is 17.8. The predicted molar refractivity (Wildman–Crippen MR) is 101 cm³/mol. The van der Waals surface area contributed by atoms with Crippen molar-refractivity contribution in [1.29, 1.82) is 5.26 Å². The molecule has 27 heavy (non-hydrogen) atoms. The molecular formula is C21H17N3O3. The summed E-state index contributed by atoms with van der Waals surface area (Å²) in [6.45, 7) is 0.219. The monoisotopic (exact) mass is 359 g/mol. The fourth-order valence-electron chi connectivity index (χ4n) is 2.22. The van der Waals surface area contributed by atoms with Gasteiger partial charge < -0.3 is 19.8 Å². The summed E-state index contributed by atoms with van der Waals surface area (Å²) < 4.78 is 10.9. The molecule has 0 radical (unpaired) electrons. The number of carbonyl (C=O) groups is 1. The molecule has 0 atom stereocenters. The number of amides is 1. The van der Waals surface area contributed by atoms with E-state index >= 15 is 0 Å². The second-order valence-electron chi connectivity index (χ2n) is 5.52. The Bertz CT molecular complexity index is 941. The van der Waals surface area contributed by atoms with Crippen molar-refractivity contribution in [3.63, 3.8) is 0 Å². The number of nitriles is 1. The number of hydrogen-bond donors (Lipinski definition) is 2. The van der Waals surface area contributed by atoms with E-state index in [9.17, 15) is 10.1 Å². The first-order chi connectivity index (χ1) is 13.2. The van der Waals surface area contributed by atoms with Crippen molar-refractivity contribution in [3.05, 3.63) is 90.5 Å². The molecule has 134 valence electrons. The van der Waals surface area contributed by atoms with Crippen LogP contribution < -0.4 is 15.4 Å². The van der Waals surface area contributed by atoms with Crippen molar-refractivity contribution >= 4 is 11.6 Å². The van der Waals surface area contributed by atoms with Crippen LogP contribution in [0.5, 0.6) is 11.5 Å². The maximum Gasteiger partial charge on any atom is 0.263 e. The van der Waals surface area contributed by atoms with Gasteiger partial charge in [0, 0.05) is 11.9 Å². The van der Waals surface area contributed by atoms with Crippen LogP contribution in [-0.2, 0) is 11.3 Å². The van der Waals surface area contributed by atoms with E-state index in [1.165, 1.54) is 12.5 Å². The second kappa shape index (κ2) is 8.92. The summed E-state index contributed by atoms with van der Waals surface area (Å²) >= 11 is 0. The minimum absolute atomic E-state index is 0.0360. The maximum atomic E-state index is 12.0. The van der Waals surface area contributed by atoms with Crippen LogP contribution in [0.4, 0.5) is 5.69 Å². The van der Waals surface area contributed by atoms with Crippen molar-refractivity contribution in [2.45, 2.75) is 6.54 Å². The number of anilines is 1. The topological polar surface area (TPSA) is 87.3 Å². The Kier molecular flexibility index (Phi) is 5.89.